The van der Waals surface area contributed by atoms with E-state index < -0.39 is 0 Å². The van der Waals surface area contributed by atoms with E-state index in [1.54, 1.807) is 24.9 Å². The number of hydrogen-bond donors (Lipinski definition) is 1. The number of rotatable bonds is 9. The van der Waals surface area contributed by atoms with Crippen LogP contribution in [-0.4, -0.2) is 50.9 Å². The number of amides is 1. The van der Waals surface area contributed by atoms with Crippen LogP contribution >= 0.6 is 34.7 Å². The van der Waals surface area contributed by atoms with Crippen LogP contribution in [0.15, 0.2) is 59.3 Å². The van der Waals surface area contributed by atoms with Gasteiger partial charge in [0, 0.05) is 42.0 Å². The number of thiazole rings is 1. The SMILES string of the molecule is COCCNC(=O)c1csc(CSc2nnc(-c3ccncc3)n2-c2cccc(Cl)c2)n1. The van der Waals surface area contributed by atoms with Crippen LogP contribution < -0.4 is 5.32 Å². The van der Waals surface area contributed by atoms with Crippen molar-refractivity contribution in [2.75, 3.05) is 20.3 Å². The van der Waals surface area contributed by atoms with E-state index in [4.69, 9.17) is 16.3 Å². The highest BCUT2D eigenvalue weighted by molar-refractivity contribution is 7.98. The normalized spacial score (nSPS) is 10.9. The minimum atomic E-state index is -0.211. The van der Waals surface area contributed by atoms with Crippen molar-refractivity contribution in [3.63, 3.8) is 0 Å². The number of carbonyl (C=O) groups is 1. The van der Waals surface area contributed by atoms with Gasteiger partial charge in [-0.25, -0.2) is 4.98 Å². The zero-order chi connectivity index (χ0) is 22.3. The number of ether oxygens (including phenoxy) is 1. The number of thioether (sulfide) groups is 1. The lowest BCUT2D eigenvalue weighted by Crippen LogP contribution is -2.27. The highest BCUT2D eigenvalue weighted by atomic mass is 35.5. The van der Waals surface area contributed by atoms with Crippen molar-refractivity contribution in [2.45, 2.75) is 10.9 Å². The lowest BCUT2D eigenvalue weighted by molar-refractivity contribution is 0.0932. The fraction of sp³-hybridized carbons (Fsp3) is 0.190. The van der Waals surface area contributed by atoms with Crippen molar-refractivity contribution in [3.05, 3.63) is 69.9 Å². The molecule has 0 aliphatic rings. The van der Waals surface area contributed by atoms with Crippen LogP contribution in [0, 0.1) is 0 Å². The smallest absolute Gasteiger partial charge is 0.270 e. The zero-order valence-electron chi connectivity index (χ0n) is 17.1. The Bertz CT molecular complexity index is 1200. The molecular formula is C21H19ClN6O2S2. The third kappa shape index (κ3) is 5.33. The molecular weight excluding hydrogens is 468 g/mol. The third-order valence-electron chi connectivity index (χ3n) is 4.34. The Morgan fingerprint density at radius 3 is 2.88 bits per heavy atom. The van der Waals surface area contributed by atoms with Crippen LogP contribution in [0.5, 0.6) is 0 Å². The van der Waals surface area contributed by atoms with Crippen LogP contribution in [0.25, 0.3) is 17.1 Å². The fourth-order valence-corrected chi connectivity index (χ4v) is 4.79. The molecule has 1 amide bonds. The molecule has 11 heteroatoms. The molecule has 164 valence electrons. The van der Waals surface area contributed by atoms with E-state index in [2.05, 4.69) is 25.5 Å². The first-order chi connectivity index (χ1) is 15.7. The molecule has 0 atom stereocenters. The number of aromatic nitrogens is 5. The number of nitrogens with zero attached hydrogens (tertiary/aromatic N) is 5. The zero-order valence-corrected chi connectivity index (χ0v) is 19.5. The molecule has 4 rings (SSSR count). The monoisotopic (exact) mass is 486 g/mol. The van der Waals surface area contributed by atoms with E-state index in [1.165, 1.54) is 23.1 Å². The van der Waals surface area contributed by atoms with E-state index in [0.29, 0.717) is 40.6 Å². The summed E-state index contributed by atoms with van der Waals surface area (Å²) in [6, 6.07) is 11.3. The Labute approximate surface area is 198 Å². The van der Waals surface area contributed by atoms with Gasteiger partial charge in [-0.15, -0.1) is 21.5 Å². The Morgan fingerprint density at radius 1 is 1.25 bits per heavy atom. The van der Waals surface area contributed by atoms with Crippen molar-refractivity contribution < 1.29 is 9.53 Å². The van der Waals surface area contributed by atoms with Crippen molar-refractivity contribution >= 4 is 40.6 Å². The van der Waals surface area contributed by atoms with Gasteiger partial charge in [0.25, 0.3) is 5.91 Å². The number of hydrogen-bond acceptors (Lipinski definition) is 8. The molecule has 0 unspecified atom stereocenters. The van der Waals surface area contributed by atoms with Gasteiger partial charge >= 0.3 is 0 Å². The summed E-state index contributed by atoms with van der Waals surface area (Å²) >= 11 is 9.16. The molecule has 32 heavy (non-hydrogen) atoms. The third-order valence-corrected chi connectivity index (χ3v) is 6.55. The first kappa shape index (κ1) is 22.4. The second-order valence-electron chi connectivity index (χ2n) is 6.52. The summed E-state index contributed by atoms with van der Waals surface area (Å²) in [4.78, 5) is 20.7. The molecule has 3 heterocycles. The topological polar surface area (TPSA) is 94.8 Å². The molecule has 4 aromatic rings. The van der Waals surface area contributed by atoms with Gasteiger partial charge in [0.1, 0.15) is 10.7 Å². The van der Waals surface area contributed by atoms with Crippen LogP contribution in [0.4, 0.5) is 0 Å². The summed E-state index contributed by atoms with van der Waals surface area (Å²) in [5, 5.41) is 15.5. The Kier molecular flexibility index (Phi) is 7.48. The first-order valence-electron chi connectivity index (χ1n) is 9.62. The maximum absolute atomic E-state index is 12.2. The maximum atomic E-state index is 12.2. The second kappa shape index (κ2) is 10.7. The van der Waals surface area contributed by atoms with E-state index >= 15 is 0 Å². The van der Waals surface area contributed by atoms with E-state index in [9.17, 15) is 4.79 Å². The summed E-state index contributed by atoms with van der Waals surface area (Å²) < 4.78 is 6.90. The van der Waals surface area contributed by atoms with Crippen molar-refractivity contribution in [1.29, 1.82) is 0 Å². The minimum absolute atomic E-state index is 0.211. The number of pyridine rings is 1. The molecule has 0 aliphatic carbocycles. The average Bonchev–Trinajstić information content (AvgIpc) is 3.46. The number of halogens is 1. The quantitative estimate of drug-likeness (QED) is 0.281. The largest absolute Gasteiger partial charge is 0.383 e. The summed E-state index contributed by atoms with van der Waals surface area (Å²) in [6.45, 7) is 0.898. The molecule has 0 fully saturated rings. The molecule has 3 aromatic heterocycles. The standard InChI is InChI=1S/C21H19ClN6O2S2/c1-30-10-9-24-20(29)17-12-31-18(25-17)13-32-21-27-26-19(14-5-7-23-8-6-14)28(21)16-4-2-3-15(22)11-16/h2-8,11-12H,9-10,13H2,1H3,(H,24,29). The average molecular weight is 487 g/mol. The molecule has 8 nitrogen and oxygen atoms in total. The van der Waals surface area contributed by atoms with Crippen molar-refractivity contribution in [2.24, 2.45) is 0 Å². The highest BCUT2D eigenvalue weighted by Crippen LogP contribution is 2.31. The molecule has 0 aliphatic heterocycles. The maximum Gasteiger partial charge on any atom is 0.270 e. The Balaban J connectivity index is 1.56. The van der Waals surface area contributed by atoms with Gasteiger partial charge in [-0.05, 0) is 30.3 Å². The van der Waals surface area contributed by atoms with E-state index in [-0.39, 0.29) is 5.91 Å². The van der Waals surface area contributed by atoms with Crippen LogP contribution in [0.2, 0.25) is 5.02 Å². The highest BCUT2D eigenvalue weighted by Gasteiger charge is 2.18. The molecule has 0 saturated heterocycles. The van der Waals surface area contributed by atoms with Gasteiger partial charge in [-0.2, -0.15) is 0 Å². The first-order valence-corrected chi connectivity index (χ1v) is 11.9. The molecule has 0 spiro atoms. The van der Waals surface area contributed by atoms with Gasteiger partial charge in [0.05, 0.1) is 18.0 Å². The van der Waals surface area contributed by atoms with Gasteiger partial charge in [-0.3, -0.25) is 14.3 Å². The number of benzene rings is 1. The predicted molar refractivity (Wildman–Crippen MR) is 125 cm³/mol. The van der Waals surface area contributed by atoms with Crippen molar-refractivity contribution in [1.82, 2.24) is 30.0 Å². The molecule has 0 bridgehead atoms. The molecule has 1 aromatic carbocycles. The van der Waals surface area contributed by atoms with E-state index in [0.717, 1.165) is 16.3 Å². The Morgan fingerprint density at radius 2 is 2.09 bits per heavy atom. The summed E-state index contributed by atoms with van der Waals surface area (Å²) in [5.74, 6) is 1.02. The predicted octanol–water partition coefficient (Wildman–Crippen LogP) is 4.11. The van der Waals surface area contributed by atoms with Gasteiger partial charge in [-0.1, -0.05) is 29.4 Å². The summed E-state index contributed by atoms with van der Waals surface area (Å²) in [7, 11) is 1.59. The van der Waals surface area contributed by atoms with Crippen LogP contribution in [0.3, 0.4) is 0 Å². The van der Waals surface area contributed by atoms with E-state index in [1.807, 2.05) is 41.0 Å². The minimum Gasteiger partial charge on any atom is -0.383 e. The number of nitrogens with one attached hydrogen (secondary N) is 1. The summed E-state index contributed by atoms with van der Waals surface area (Å²) in [5.41, 5.74) is 2.15. The van der Waals surface area contributed by atoms with Gasteiger partial charge < -0.3 is 10.1 Å². The lowest BCUT2D eigenvalue weighted by Gasteiger charge is -2.10. The second-order valence-corrected chi connectivity index (χ2v) is 8.84. The van der Waals surface area contributed by atoms with Crippen LogP contribution in [0.1, 0.15) is 15.5 Å². The number of carbonyl (C=O) groups excluding carboxylic acids is 1. The van der Waals surface area contributed by atoms with Crippen LogP contribution in [-0.2, 0) is 10.5 Å². The molecule has 0 saturated carbocycles. The molecule has 1 N–H and O–H groups in total. The number of methoxy groups -OCH3 is 1. The summed E-state index contributed by atoms with van der Waals surface area (Å²) in [6.07, 6.45) is 3.43. The van der Waals surface area contributed by atoms with Gasteiger partial charge in [0.2, 0.25) is 0 Å². The lowest BCUT2D eigenvalue weighted by atomic mass is 10.2. The Hall–Kier alpha value is -2.79. The van der Waals surface area contributed by atoms with Crippen molar-refractivity contribution in [3.8, 4) is 17.1 Å². The fourth-order valence-electron chi connectivity index (χ4n) is 2.86. The van der Waals surface area contributed by atoms with Gasteiger partial charge in [0.15, 0.2) is 11.0 Å². The molecule has 0 radical (unpaired) electrons.